The molecule has 2 unspecified atom stereocenters. The number of hydrogen-bond donors (Lipinski definition) is 2. The average molecular weight is 291 g/mol. The van der Waals surface area contributed by atoms with Crippen molar-refractivity contribution >= 4 is 17.3 Å². The van der Waals surface area contributed by atoms with Gasteiger partial charge in [0.1, 0.15) is 0 Å². The number of nitrogens with zero attached hydrogens (tertiary/aromatic N) is 2. The molecule has 5 heteroatoms. The highest BCUT2D eigenvalue weighted by Crippen LogP contribution is 2.30. The smallest absolute Gasteiger partial charge is 0.253 e. The molecule has 0 aliphatic heterocycles. The van der Waals surface area contributed by atoms with Gasteiger partial charge in [0, 0.05) is 26.7 Å². The summed E-state index contributed by atoms with van der Waals surface area (Å²) in [6.45, 7) is 0. The van der Waals surface area contributed by atoms with Crippen LogP contribution in [-0.4, -0.2) is 49.2 Å². The van der Waals surface area contributed by atoms with Crippen molar-refractivity contribution in [3.05, 3.63) is 23.8 Å². The van der Waals surface area contributed by atoms with Crippen LogP contribution in [0.25, 0.3) is 0 Å². The normalized spacial score (nSPS) is 21.9. The summed E-state index contributed by atoms with van der Waals surface area (Å²) in [4.78, 5) is 15.5. The first-order chi connectivity index (χ1) is 9.91. The van der Waals surface area contributed by atoms with E-state index in [2.05, 4.69) is 0 Å². The zero-order chi connectivity index (χ0) is 15.6. The molecule has 0 saturated heterocycles. The van der Waals surface area contributed by atoms with E-state index >= 15 is 0 Å². The molecule has 2 rings (SSSR count). The van der Waals surface area contributed by atoms with E-state index in [1.807, 2.05) is 18.0 Å². The molecule has 1 aliphatic rings. The molecule has 0 aromatic heterocycles. The number of anilines is 2. The van der Waals surface area contributed by atoms with E-state index in [4.69, 9.17) is 5.73 Å². The SMILES string of the molecule is CN(C)C(=O)c1ccc(N(C)C2CCCCC2O)c(N)c1. The predicted molar refractivity (Wildman–Crippen MR) is 85.5 cm³/mol. The maximum atomic E-state index is 11.9. The first-order valence-electron chi connectivity index (χ1n) is 7.44. The summed E-state index contributed by atoms with van der Waals surface area (Å²) in [5.74, 6) is -0.0615. The summed E-state index contributed by atoms with van der Waals surface area (Å²) in [5.41, 5.74) is 8.14. The monoisotopic (exact) mass is 291 g/mol. The van der Waals surface area contributed by atoms with E-state index < -0.39 is 0 Å². The minimum Gasteiger partial charge on any atom is -0.397 e. The minimum absolute atomic E-state index is 0.0615. The van der Waals surface area contributed by atoms with Gasteiger partial charge < -0.3 is 20.6 Å². The Labute approximate surface area is 126 Å². The van der Waals surface area contributed by atoms with Crippen LogP contribution in [0.2, 0.25) is 0 Å². The molecule has 2 atom stereocenters. The summed E-state index contributed by atoms with van der Waals surface area (Å²) < 4.78 is 0. The van der Waals surface area contributed by atoms with E-state index in [9.17, 15) is 9.90 Å². The quantitative estimate of drug-likeness (QED) is 0.832. The largest absolute Gasteiger partial charge is 0.397 e. The van der Waals surface area contributed by atoms with Gasteiger partial charge in [-0.2, -0.15) is 0 Å². The Morgan fingerprint density at radius 3 is 2.48 bits per heavy atom. The molecule has 1 aromatic carbocycles. The number of carbonyl (C=O) groups is 1. The van der Waals surface area contributed by atoms with Gasteiger partial charge in [-0.15, -0.1) is 0 Å². The second-order valence-electron chi connectivity index (χ2n) is 6.00. The molecule has 0 spiro atoms. The molecule has 0 bridgehead atoms. The van der Waals surface area contributed by atoms with Crippen molar-refractivity contribution < 1.29 is 9.90 Å². The Balaban J connectivity index is 2.22. The lowest BCUT2D eigenvalue weighted by Crippen LogP contribution is -2.43. The minimum atomic E-state index is -0.314. The van der Waals surface area contributed by atoms with Crippen LogP contribution in [0.15, 0.2) is 18.2 Å². The van der Waals surface area contributed by atoms with Crippen molar-refractivity contribution in [3.8, 4) is 0 Å². The molecule has 1 saturated carbocycles. The highest BCUT2D eigenvalue weighted by molar-refractivity contribution is 5.95. The summed E-state index contributed by atoms with van der Waals surface area (Å²) in [7, 11) is 5.40. The highest BCUT2D eigenvalue weighted by Gasteiger charge is 2.27. The third-order valence-electron chi connectivity index (χ3n) is 4.25. The van der Waals surface area contributed by atoms with E-state index in [1.165, 1.54) is 4.90 Å². The summed E-state index contributed by atoms with van der Waals surface area (Å²) in [6.07, 6.45) is 3.70. The molecule has 1 aromatic rings. The zero-order valence-corrected chi connectivity index (χ0v) is 13.0. The Morgan fingerprint density at radius 2 is 1.90 bits per heavy atom. The summed E-state index contributed by atoms with van der Waals surface area (Å²) in [6, 6.07) is 5.47. The van der Waals surface area contributed by atoms with Crippen molar-refractivity contribution in [2.45, 2.75) is 37.8 Å². The van der Waals surface area contributed by atoms with Crippen LogP contribution < -0.4 is 10.6 Å². The zero-order valence-electron chi connectivity index (χ0n) is 13.0. The fraction of sp³-hybridized carbons (Fsp3) is 0.562. The lowest BCUT2D eigenvalue weighted by atomic mass is 9.91. The molecule has 0 radical (unpaired) electrons. The molecule has 116 valence electrons. The maximum Gasteiger partial charge on any atom is 0.253 e. The number of nitrogen functional groups attached to an aromatic ring is 1. The first-order valence-corrected chi connectivity index (χ1v) is 7.44. The van der Waals surface area contributed by atoms with E-state index in [0.29, 0.717) is 11.3 Å². The molecule has 0 heterocycles. The number of hydrogen-bond acceptors (Lipinski definition) is 4. The van der Waals surface area contributed by atoms with Crippen LogP contribution in [0, 0.1) is 0 Å². The van der Waals surface area contributed by atoms with Crippen LogP contribution in [-0.2, 0) is 0 Å². The van der Waals surface area contributed by atoms with Gasteiger partial charge >= 0.3 is 0 Å². The number of benzene rings is 1. The molecule has 1 aliphatic carbocycles. The topological polar surface area (TPSA) is 69.8 Å². The van der Waals surface area contributed by atoms with Crippen LogP contribution in [0.1, 0.15) is 36.0 Å². The van der Waals surface area contributed by atoms with Gasteiger partial charge in [-0.1, -0.05) is 12.8 Å². The molecule has 21 heavy (non-hydrogen) atoms. The Hall–Kier alpha value is -1.75. The fourth-order valence-corrected chi connectivity index (χ4v) is 2.99. The van der Waals surface area contributed by atoms with Crippen molar-refractivity contribution in [3.63, 3.8) is 0 Å². The van der Waals surface area contributed by atoms with Crippen LogP contribution in [0.4, 0.5) is 11.4 Å². The highest BCUT2D eigenvalue weighted by atomic mass is 16.3. The number of aliphatic hydroxyl groups excluding tert-OH is 1. The molecular weight excluding hydrogens is 266 g/mol. The lowest BCUT2D eigenvalue weighted by Gasteiger charge is -2.37. The van der Waals surface area contributed by atoms with Gasteiger partial charge in [-0.3, -0.25) is 4.79 Å². The second-order valence-corrected chi connectivity index (χ2v) is 6.00. The number of carbonyl (C=O) groups excluding carboxylic acids is 1. The number of rotatable bonds is 3. The van der Waals surface area contributed by atoms with Crippen LogP contribution >= 0.6 is 0 Å². The van der Waals surface area contributed by atoms with Gasteiger partial charge in [0.25, 0.3) is 5.91 Å². The first kappa shape index (κ1) is 15.6. The van der Waals surface area contributed by atoms with Crippen molar-refractivity contribution in [1.29, 1.82) is 0 Å². The molecule has 1 amide bonds. The van der Waals surface area contributed by atoms with E-state index in [0.717, 1.165) is 31.4 Å². The summed E-state index contributed by atoms with van der Waals surface area (Å²) in [5, 5.41) is 10.2. The Bertz CT molecular complexity index is 516. The molecule has 1 fully saturated rings. The maximum absolute atomic E-state index is 11.9. The van der Waals surface area contributed by atoms with Crippen molar-refractivity contribution in [2.24, 2.45) is 0 Å². The van der Waals surface area contributed by atoms with Crippen LogP contribution in [0.3, 0.4) is 0 Å². The standard InChI is InChI=1S/C16H25N3O2/c1-18(2)16(21)11-8-9-13(12(17)10-11)19(3)14-6-4-5-7-15(14)20/h8-10,14-15,20H,4-7,17H2,1-3H3. The Kier molecular flexibility index (Phi) is 4.73. The van der Waals surface area contributed by atoms with Crippen molar-refractivity contribution in [2.75, 3.05) is 31.8 Å². The summed E-state index contributed by atoms with van der Waals surface area (Å²) >= 11 is 0. The lowest BCUT2D eigenvalue weighted by molar-refractivity contribution is 0.0827. The van der Waals surface area contributed by atoms with Gasteiger partial charge in [0.05, 0.1) is 23.5 Å². The number of nitrogens with two attached hydrogens (primary N) is 1. The van der Waals surface area contributed by atoms with Gasteiger partial charge in [0.2, 0.25) is 0 Å². The van der Waals surface area contributed by atoms with E-state index in [-0.39, 0.29) is 18.1 Å². The second kappa shape index (κ2) is 6.35. The molecule has 3 N–H and O–H groups in total. The third kappa shape index (κ3) is 3.29. The van der Waals surface area contributed by atoms with E-state index in [1.54, 1.807) is 26.2 Å². The fourth-order valence-electron chi connectivity index (χ4n) is 2.99. The van der Waals surface area contributed by atoms with Gasteiger partial charge in [-0.05, 0) is 31.0 Å². The molecular formula is C16H25N3O2. The molecule has 5 nitrogen and oxygen atoms in total. The van der Waals surface area contributed by atoms with Crippen molar-refractivity contribution in [1.82, 2.24) is 4.90 Å². The number of aliphatic hydroxyl groups is 1. The van der Waals surface area contributed by atoms with Crippen LogP contribution in [0.5, 0.6) is 0 Å². The van der Waals surface area contributed by atoms with Gasteiger partial charge in [0.15, 0.2) is 0 Å². The predicted octanol–water partition coefficient (Wildman–Crippen LogP) is 1.71. The Morgan fingerprint density at radius 1 is 1.24 bits per heavy atom. The van der Waals surface area contributed by atoms with Gasteiger partial charge in [-0.25, -0.2) is 0 Å². The number of amides is 1. The average Bonchev–Trinajstić information content (AvgIpc) is 2.46. The number of likely N-dealkylation sites (N-methyl/N-ethyl adjacent to an activating group) is 1. The third-order valence-corrected chi connectivity index (χ3v) is 4.25.